The predicted octanol–water partition coefficient (Wildman–Crippen LogP) is 6.22. The van der Waals surface area contributed by atoms with Gasteiger partial charge in [0.15, 0.2) is 0 Å². The molecule has 15 nitrogen and oxygen atoms in total. The number of carboxylic acid groups (broad SMARTS) is 2. The fourth-order valence-electron chi connectivity index (χ4n) is 4.65. The third-order valence-electron chi connectivity index (χ3n) is 7.76. The Morgan fingerprint density at radius 2 is 1.15 bits per heavy atom. The molecule has 19 heteroatoms. The smallest absolute Gasteiger partial charge is 0.322 e. The first-order valence-electron chi connectivity index (χ1n) is 16.3. The highest BCUT2D eigenvalue weighted by molar-refractivity contribution is 8.76. The molecule has 0 amide bonds. The summed E-state index contributed by atoms with van der Waals surface area (Å²) >= 11 is 0. The van der Waals surface area contributed by atoms with Crippen molar-refractivity contribution >= 4 is 81.9 Å². The summed E-state index contributed by atoms with van der Waals surface area (Å²) in [7, 11) is 2.23. The molecule has 3 aromatic rings. The molecule has 1 aliphatic rings. The summed E-state index contributed by atoms with van der Waals surface area (Å²) in [5.74, 6) is 0.635. The van der Waals surface area contributed by atoms with Crippen molar-refractivity contribution in [2.75, 3.05) is 44.6 Å². The zero-order valence-corrected chi connectivity index (χ0v) is 33.3. The minimum atomic E-state index is -4.23. The van der Waals surface area contributed by atoms with Gasteiger partial charge in [-0.25, -0.2) is 17.3 Å². The van der Waals surface area contributed by atoms with Crippen LogP contribution in [-0.2, 0) is 29.3 Å². The molecule has 0 radical (unpaired) electrons. The van der Waals surface area contributed by atoms with Crippen molar-refractivity contribution < 1.29 is 32.4 Å². The van der Waals surface area contributed by atoms with Crippen LogP contribution in [0.1, 0.15) is 12.8 Å². The Morgan fingerprint density at radius 3 is 1.59 bits per heavy atom. The summed E-state index contributed by atoms with van der Waals surface area (Å²) in [5, 5.41) is 36.3. The number of nitrogens with one attached hydrogen (secondary N) is 2. The lowest BCUT2D eigenvalue weighted by Crippen LogP contribution is -2.43. The molecule has 54 heavy (non-hydrogen) atoms. The average molecular weight is 815 g/mol. The number of azo groups is 2. The SMILES string of the molecule is C=S(=O)(NC(CSSCC(NS(=O)(=O)c1ccc(/N=N/C2=CC=C(N(C)C)CC2)cc1)C(=O)O)C(=O)O)c1ccc(/N=N/c2ccc(N(C)C)cc2)cc1. The van der Waals surface area contributed by atoms with Crippen molar-refractivity contribution in [3.05, 3.63) is 96.3 Å². The lowest BCUT2D eigenvalue weighted by molar-refractivity contribution is -0.139. The Balaban J connectivity index is 1.28. The quantitative estimate of drug-likeness (QED) is 0.0463. The summed E-state index contributed by atoms with van der Waals surface area (Å²) in [6.45, 7) is 0. The largest absolute Gasteiger partial charge is 0.480 e. The third kappa shape index (κ3) is 12.5. The van der Waals surface area contributed by atoms with Crippen molar-refractivity contribution in [1.29, 1.82) is 0 Å². The zero-order valence-electron chi connectivity index (χ0n) is 30.0. The number of hydrogen-bond donors (Lipinski definition) is 4. The maximum Gasteiger partial charge on any atom is 0.322 e. The van der Waals surface area contributed by atoms with Crippen molar-refractivity contribution in [2.24, 2.45) is 20.5 Å². The van der Waals surface area contributed by atoms with E-state index in [9.17, 15) is 32.4 Å². The van der Waals surface area contributed by atoms with Gasteiger partial charge in [0.2, 0.25) is 10.0 Å². The number of sulfonamides is 1. The maximum absolute atomic E-state index is 13.4. The molecule has 0 saturated heterocycles. The Hall–Kier alpha value is -4.53. The molecule has 0 aliphatic heterocycles. The Labute approximate surface area is 323 Å². The van der Waals surface area contributed by atoms with Crippen LogP contribution in [0.25, 0.3) is 0 Å². The summed E-state index contributed by atoms with van der Waals surface area (Å²) in [6.07, 6.45) is 5.41. The monoisotopic (exact) mass is 814 g/mol. The van der Waals surface area contributed by atoms with Gasteiger partial charge in [-0.1, -0.05) is 21.6 Å². The molecular weight excluding hydrogens is 773 g/mol. The van der Waals surface area contributed by atoms with Crippen LogP contribution in [0.3, 0.4) is 0 Å². The fraction of sp³-hybridized carbons (Fsp3) is 0.286. The molecule has 3 aromatic carbocycles. The number of hydrogen-bond acceptors (Lipinski definition) is 13. The Bertz CT molecular complexity index is 2120. The molecule has 1 aliphatic carbocycles. The van der Waals surface area contributed by atoms with E-state index in [4.69, 9.17) is 0 Å². The lowest BCUT2D eigenvalue weighted by Gasteiger charge is -2.19. The molecule has 0 fully saturated rings. The Kier molecular flexibility index (Phi) is 15.0. The Morgan fingerprint density at radius 1 is 0.685 bits per heavy atom. The molecule has 3 atom stereocenters. The van der Waals surface area contributed by atoms with E-state index in [1.54, 1.807) is 12.1 Å². The standard InChI is InChI=1S/C35H42N8O7S4/c1-42(2)28-14-6-24(7-15-28)36-38-26-10-18-30(19-11-26)53(5,48)40-32(34(44)45)22-51-52-23-33(35(46)47)41-54(49,50)31-20-12-27(13-21-31)39-37-25-8-16-29(17-9-25)43(3)4/h6-8,10-16,18-21,32-33,41H,5,9,17,22-23H2,1-4H3,(H,40,48)(H,44,45)(H,46,47)/b38-36+,39-37+. The first-order chi connectivity index (χ1) is 25.5. The van der Waals surface area contributed by atoms with E-state index in [0.717, 1.165) is 45.8 Å². The predicted molar refractivity (Wildman–Crippen MR) is 216 cm³/mol. The zero-order chi connectivity index (χ0) is 39.5. The van der Waals surface area contributed by atoms with Crippen LogP contribution in [0.15, 0.2) is 127 Å². The maximum atomic E-state index is 13.4. The van der Waals surface area contributed by atoms with Gasteiger partial charge >= 0.3 is 11.9 Å². The minimum Gasteiger partial charge on any atom is -0.480 e. The topological polar surface area (TPSA) is 206 Å². The number of carbonyl (C=O) groups is 2. The van der Waals surface area contributed by atoms with Crippen LogP contribution in [0.4, 0.5) is 22.7 Å². The van der Waals surface area contributed by atoms with Gasteiger partial charge in [0.05, 0.1) is 37.4 Å². The van der Waals surface area contributed by atoms with Gasteiger partial charge in [-0.3, -0.25) is 9.59 Å². The number of anilines is 1. The van der Waals surface area contributed by atoms with E-state index in [1.165, 1.54) is 42.1 Å². The van der Waals surface area contributed by atoms with E-state index >= 15 is 0 Å². The highest BCUT2D eigenvalue weighted by Gasteiger charge is 2.27. The van der Waals surface area contributed by atoms with E-state index in [0.29, 0.717) is 17.1 Å². The first-order valence-corrected chi connectivity index (χ1v) is 22.0. The van der Waals surface area contributed by atoms with Crippen LogP contribution < -0.4 is 14.3 Å². The van der Waals surface area contributed by atoms with Gasteiger partial charge in [-0.2, -0.15) is 25.2 Å². The summed E-state index contributed by atoms with van der Waals surface area (Å²) in [6, 6.07) is 16.4. The molecule has 0 heterocycles. The van der Waals surface area contributed by atoms with Crippen LogP contribution >= 0.6 is 21.6 Å². The number of benzene rings is 3. The fourth-order valence-corrected chi connectivity index (χ4v) is 9.71. The van der Waals surface area contributed by atoms with Crippen molar-refractivity contribution in [2.45, 2.75) is 34.7 Å². The molecule has 4 rings (SSSR count). The molecule has 0 aromatic heterocycles. The second-order valence-corrected chi connectivity index (χ2v) is 18.6. The van der Waals surface area contributed by atoms with E-state index in [-0.39, 0.29) is 21.3 Å². The van der Waals surface area contributed by atoms with Gasteiger partial charge in [-0.05, 0) is 104 Å². The number of rotatable bonds is 19. The van der Waals surface area contributed by atoms with E-state index < -0.39 is 43.8 Å². The van der Waals surface area contributed by atoms with Crippen molar-refractivity contribution in [1.82, 2.24) is 14.3 Å². The number of carboxylic acids is 2. The number of allylic oxidation sites excluding steroid dienone is 4. The molecule has 0 bridgehead atoms. The molecule has 3 unspecified atom stereocenters. The van der Waals surface area contributed by atoms with Crippen LogP contribution in [-0.4, -0.2) is 97.3 Å². The summed E-state index contributed by atoms with van der Waals surface area (Å²) < 4.78 is 44.2. The van der Waals surface area contributed by atoms with Gasteiger partial charge in [0.1, 0.15) is 12.1 Å². The van der Waals surface area contributed by atoms with Crippen LogP contribution in [0.5, 0.6) is 0 Å². The van der Waals surface area contributed by atoms with Crippen LogP contribution in [0, 0.1) is 0 Å². The van der Waals surface area contributed by atoms with Gasteiger partial charge in [0, 0.05) is 56.0 Å². The van der Waals surface area contributed by atoms with Gasteiger partial charge in [0.25, 0.3) is 0 Å². The van der Waals surface area contributed by atoms with Crippen molar-refractivity contribution in [3.8, 4) is 0 Å². The van der Waals surface area contributed by atoms with Gasteiger partial charge in [-0.15, -0.1) is 0 Å². The number of aliphatic carboxylic acids is 2. The highest BCUT2D eigenvalue weighted by atomic mass is 33.1. The molecular formula is C35H42N8O7S4. The second-order valence-electron chi connectivity index (χ2n) is 12.3. The van der Waals surface area contributed by atoms with E-state index in [1.807, 2.05) is 74.4 Å². The highest BCUT2D eigenvalue weighted by Crippen LogP contribution is 2.27. The van der Waals surface area contributed by atoms with Crippen molar-refractivity contribution in [3.63, 3.8) is 0 Å². The molecule has 0 spiro atoms. The molecule has 4 N–H and O–H groups in total. The second kappa shape index (κ2) is 19.2. The first kappa shape index (κ1) is 42.2. The average Bonchev–Trinajstić information content (AvgIpc) is 3.14. The normalized spacial score (nSPS) is 15.6. The number of nitrogens with zero attached hydrogens (tertiary/aromatic N) is 6. The lowest BCUT2D eigenvalue weighted by atomic mass is 10.1. The molecule has 0 saturated carbocycles. The van der Waals surface area contributed by atoms with E-state index in [2.05, 4.69) is 35.8 Å². The minimum absolute atomic E-state index is 0.134. The summed E-state index contributed by atoms with van der Waals surface area (Å²) in [5.41, 5.74) is 4.54. The molecule has 288 valence electrons. The third-order valence-corrected chi connectivity index (χ3v) is 13.4. The van der Waals surface area contributed by atoms with Gasteiger partial charge < -0.3 is 20.0 Å². The summed E-state index contributed by atoms with van der Waals surface area (Å²) in [4.78, 5) is 28.1. The van der Waals surface area contributed by atoms with Crippen LogP contribution in [0.2, 0.25) is 0 Å².